The van der Waals surface area contributed by atoms with E-state index < -0.39 is 0 Å². The first-order valence-electron chi connectivity index (χ1n) is 6.48. The highest BCUT2D eigenvalue weighted by Crippen LogP contribution is 2.32. The molecule has 1 atom stereocenters. The summed E-state index contributed by atoms with van der Waals surface area (Å²) in [5, 5.41) is 3.32. The van der Waals surface area contributed by atoms with Gasteiger partial charge in [0.25, 0.3) is 0 Å². The maximum Gasteiger partial charge on any atom is 0.128 e. The number of nitrogens with one attached hydrogen (secondary N) is 1. The second-order valence-electron chi connectivity index (χ2n) is 4.40. The van der Waals surface area contributed by atoms with Gasteiger partial charge in [0.15, 0.2) is 0 Å². The number of methoxy groups -OCH3 is 1. The summed E-state index contributed by atoms with van der Waals surface area (Å²) in [5.74, 6) is 0.538. The first kappa shape index (κ1) is 15.0. The first-order valence-corrected chi connectivity index (χ1v) is 7.28. The molecule has 0 fully saturated rings. The highest BCUT2D eigenvalue weighted by Gasteiger charge is 2.19. The fraction of sp³-hybridized carbons (Fsp3) is 0.250. The molecule has 2 aromatic rings. The van der Waals surface area contributed by atoms with Gasteiger partial charge in [0.1, 0.15) is 11.6 Å². The normalized spacial score (nSPS) is 12.2. The predicted molar refractivity (Wildman–Crippen MR) is 82.6 cm³/mol. The number of hydrogen-bond donors (Lipinski definition) is 1. The predicted octanol–water partition coefficient (Wildman–Crippen LogP) is 4.30. The standard InChI is InChI=1S/C16H17BrFNO/c1-3-19-16(12-6-4-5-7-15(12)18)13-10-11(20-2)8-9-14(13)17/h4-10,16,19H,3H2,1-2H3. The second-order valence-corrected chi connectivity index (χ2v) is 5.25. The third-order valence-electron chi connectivity index (χ3n) is 3.14. The third-order valence-corrected chi connectivity index (χ3v) is 3.86. The summed E-state index contributed by atoms with van der Waals surface area (Å²) in [6.45, 7) is 2.74. The summed E-state index contributed by atoms with van der Waals surface area (Å²) >= 11 is 3.53. The van der Waals surface area contributed by atoms with Crippen molar-refractivity contribution in [1.82, 2.24) is 5.32 Å². The Bertz CT molecular complexity index is 588. The monoisotopic (exact) mass is 337 g/mol. The molecule has 0 heterocycles. The molecule has 0 spiro atoms. The van der Waals surface area contributed by atoms with Gasteiger partial charge in [-0.25, -0.2) is 4.39 Å². The van der Waals surface area contributed by atoms with Gasteiger partial charge >= 0.3 is 0 Å². The van der Waals surface area contributed by atoms with E-state index >= 15 is 0 Å². The Morgan fingerprint density at radius 3 is 2.60 bits per heavy atom. The Balaban J connectivity index is 2.51. The Kier molecular flexibility index (Phi) is 5.15. The summed E-state index contributed by atoms with van der Waals surface area (Å²) in [7, 11) is 1.62. The minimum atomic E-state index is -0.217. The molecule has 0 aliphatic carbocycles. The smallest absolute Gasteiger partial charge is 0.128 e. The Morgan fingerprint density at radius 2 is 1.95 bits per heavy atom. The van der Waals surface area contributed by atoms with Crippen LogP contribution in [0.1, 0.15) is 24.1 Å². The van der Waals surface area contributed by atoms with Crippen LogP contribution in [0.3, 0.4) is 0 Å². The van der Waals surface area contributed by atoms with Crippen LogP contribution in [0.2, 0.25) is 0 Å². The number of rotatable bonds is 5. The lowest BCUT2D eigenvalue weighted by molar-refractivity contribution is 0.413. The van der Waals surface area contributed by atoms with Gasteiger partial charge < -0.3 is 10.1 Å². The van der Waals surface area contributed by atoms with Crippen LogP contribution in [0.15, 0.2) is 46.9 Å². The molecule has 0 amide bonds. The zero-order valence-corrected chi connectivity index (χ0v) is 13.1. The van der Waals surface area contributed by atoms with E-state index in [1.807, 2.05) is 31.2 Å². The van der Waals surface area contributed by atoms with Gasteiger partial charge in [-0.1, -0.05) is 41.1 Å². The SMILES string of the molecule is CCNC(c1ccccc1F)c1cc(OC)ccc1Br. The van der Waals surface area contributed by atoms with E-state index in [9.17, 15) is 4.39 Å². The first-order chi connectivity index (χ1) is 9.67. The van der Waals surface area contributed by atoms with Crippen molar-refractivity contribution < 1.29 is 9.13 Å². The van der Waals surface area contributed by atoms with Crippen LogP contribution in [0, 0.1) is 5.82 Å². The zero-order valence-electron chi connectivity index (χ0n) is 11.5. The van der Waals surface area contributed by atoms with Crippen LogP contribution in [-0.4, -0.2) is 13.7 Å². The molecule has 0 bridgehead atoms. The molecule has 2 rings (SSSR count). The fourth-order valence-corrected chi connectivity index (χ4v) is 2.65. The molecule has 1 unspecified atom stereocenters. The average Bonchev–Trinajstić information content (AvgIpc) is 2.47. The van der Waals surface area contributed by atoms with Crippen LogP contribution >= 0.6 is 15.9 Å². The van der Waals surface area contributed by atoms with Gasteiger partial charge in [-0.3, -0.25) is 0 Å². The summed E-state index contributed by atoms with van der Waals surface area (Å²) < 4.78 is 20.3. The second kappa shape index (κ2) is 6.86. The molecular formula is C16H17BrFNO. The van der Waals surface area contributed by atoms with Gasteiger partial charge in [0.2, 0.25) is 0 Å². The Labute approximate surface area is 127 Å². The molecule has 0 aliphatic heterocycles. The molecule has 106 valence electrons. The van der Waals surface area contributed by atoms with Crippen LogP contribution in [0.5, 0.6) is 5.75 Å². The minimum absolute atomic E-state index is 0.215. The van der Waals surface area contributed by atoms with Crippen molar-refractivity contribution in [1.29, 1.82) is 0 Å². The van der Waals surface area contributed by atoms with Gasteiger partial charge in [-0.2, -0.15) is 0 Å². The van der Waals surface area contributed by atoms with Gasteiger partial charge in [-0.15, -0.1) is 0 Å². The minimum Gasteiger partial charge on any atom is -0.497 e. The van der Waals surface area contributed by atoms with Gasteiger partial charge in [0.05, 0.1) is 13.2 Å². The fourth-order valence-electron chi connectivity index (χ4n) is 2.17. The maximum absolute atomic E-state index is 14.1. The molecule has 0 aromatic heterocycles. The van der Waals surface area contributed by atoms with E-state index in [1.165, 1.54) is 6.07 Å². The van der Waals surface area contributed by atoms with Crippen LogP contribution < -0.4 is 10.1 Å². The quantitative estimate of drug-likeness (QED) is 0.878. The van der Waals surface area contributed by atoms with E-state index in [0.717, 1.165) is 22.3 Å². The molecule has 0 aliphatic rings. The third kappa shape index (κ3) is 3.19. The molecule has 2 nitrogen and oxygen atoms in total. The van der Waals surface area contributed by atoms with E-state index in [2.05, 4.69) is 21.2 Å². The van der Waals surface area contributed by atoms with Crippen molar-refractivity contribution in [2.45, 2.75) is 13.0 Å². The van der Waals surface area contributed by atoms with Crippen molar-refractivity contribution in [3.8, 4) is 5.75 Å². The van der Waals surface area contributed by atoms with E-state index in [0.29, 0.717) is 5.56 Å². The summed E-state index contributed by atoms with van der Waals surface area (Å²) in [6.07, 6.45) is 0. The highest BCUT2D eigenvalue weighted by atomic mass is 79.9. The van der Waals surface area contributed by atoms with Crippen molar-refractivity contribution in [2.75, 3.05) is 13.7 Å². The number of hydrogen-bond acceptors (Lipinski definition) is 2. The van der Waals surface area contributed by atoms with Crippen LogP contribution in [-0.2, 0) is 0 Å². The van der Waals surface area contributed by atoms with E-state index in [-0.39, 0.29) is 11.9 Å². The zero-order chi connectivity index (χ0) is 14.5. The van der Waals surface area contributed by atoms with Crippen molar-refractivity contribution >= 4 is 15.9 Å². The molecule has 0 saturated heterocycles. The summed E-state index contributed by atoms with van der Waals surface area (Å²) in [5.41, 5.74) is 1.58. The lowest BCUT2D eigenvalue weighted by Gasteiger charge is -2.21. The van der Waals surface area contributed by atoms with E-state index in [4.69, 9.17) is 4.74 Å². The van der Waals surface area contributed by atoms with Crippen molar-refractivity contribution in [3.05, 3.63) is 63.9 Å². The summed E-state index contributed by atoms with van der Waals surface area (Å²) in [4.78, 5) is 0. The van der Waals surface area contributed by atoms with Gasteiger partial charge in [0, 0.05) is 10.0 Å². The molecule has 0 saturated carbocycles. The molecular weight excluding hydrogens is 321 g/mol. The molecule has 0 radical (unpaired) electrons. The van der Waals surface area contributed by atoms with E-state index in [1.54, 1.807) is 19.2 Å². The average molecular weight is 338 g/mol. The van der Waals surface area contributed by atoms with Crippen LogP contribution in [0.4, 0.5) is 4.39 Å². The largest absolute Gasteiger partial charge is 0.497 e. The molecule has 4 heteroatoms. The molecule has 2 aromatic carbocycles. The highest BCUT2D eigenvalue weighted by molar-refractivity contribution is 9.10. The van der Waals surface area contributed by atoms with Crippen molar-refractivity contribution in [3.63, 3.8) is 0 Å². The number of benzene rings is 2. The number of halogens is 2. The number of ether oxygens (including phenoxy) is 1. The van der Waals surface area contributed by atoms with Crippen molar-refractivity contribution in [2.24, 2.45) is 0 Å². The van der Waals surface area contributed by atoms with Gasteiger partial charge in [-0.05, 0) is 36.4 Å². The molecule has 20 heavy (non-hydrogen) atoms. The summed E-state index contributed by atoms with van der Waals surface area (Å²) in [6, 6.07) is 12.3. The lowest BCUT2D eigenvalue weighted by Crippen LogP contribution is -2.23. The van der Waals surface area contributed by atoms with Crippen LogP contribution in [0.25, 0.3) is 0 Å². The molecule has 1 N–H and O–H groups in total. The Hall–Kier alpha value is -1.39. The maximum atomic E-state index is 14.1. The topological polar surface area (TPSA) is 21.3 Å². The lowest BCUT2D eigenvalue weighted by atomic mass is 9.98. The Morgan fingerprint density at radius 1 is 1.20 bits per heavy atom.